The molecule has 0 unspecified atom stereocenters. The molecule has 0 saturated heterocycles. The number of aromatic nitrogens is 2. The molecule has 2 aromatic rings. The van der Waals surface area contributed by atoms with E-state index in [0.717, 1.165) is 11.4 Å². The highest BCUT2D eigenvalue weighted by Crippen LogP contribution is 2.22. The Morgan fingerprint density at radius 3 is 3.00 bits per heavy atom. The molecule has 1 aromatic carbocycles. The quantitative estimate of drug-likeness (QED) is 0.815. The minimum atomic E-state index is 0.276. The molecule has 98 valence electrons. The van der Waals surface area contributed by atoms with Gasteiger partial charge in [-0.2, -0.15) is 5.10 Å². The second kappa shape index (κ2) is 6.10. The Balaban J connectivity index is 2.26. The summed E-state index contributed by atoms with van der Waals surface area (Å²) in [4.78, 5) is 0.276. The van der Waals surface area contributed by atoms with Crippen molar-refractivity contribution in [3.05, 3.63) is 42.1 Å². The third-order valence-electron chi connectivity index (χ3n) is 2.39. The third kappa shape index (κ3) is 3.38. The Kier molecular flexibility index (Phi) is 4.25. The molecule has 0 bridgehead atoms. The Morgan fingerprint density at radius 1 is 1.42 bits per heavy atom. The van der Waals surface area contributed by atoms with Crippen LogP contribution in [0, 0.1) is 0 Å². The van der Waals surface area contributed by atoms with Crippen LogP contribution in [0.25, 0.3) is 0 Å². The van der Waals surface area contributed by atoms with E-state index in [1.807, 2.05) is 31.2 Å². The van der Waals surface area contributed by atoms with Crippen molar-refractivity contribution >= 4 is 28.7 Å². The van der Waals surface area contributed by atoms with E-state index in [-0.39, 0.29) is 4.99 Å². The van der Waals surface area contributed by atoms with Gasteiger partial charge in [0.1, 0.15) is 10.7 Å². The highest BCUT2D eigenvalue weighted by Gasteiger charge is 2.07. The fraction of sp³-hybridized carbons (Fsp3) is 0.154. The number of nitrogens with two attached hydrogens (primary N) is 1. The van der Waals surface area contributed by atoms with Crippen LogP contribution in [-0.4, -0.2) is 21.8 Å². The van der Waals surface area contributed by atoms with Crippen molar-refractivity contribution in [2.24, 2.45) is 5.73 Å². The second-order valence-corrected chi connectivity index (χ2v) is 4.18. The molecule has 0 saturated carbocycles. The molecule has 0 fully saturated rings. The molecule has 0 aliphatic carbocycles. The Bertz CT molecular complexity index is 588. The number of nitrogens with zero attached hydrogens (tertiary/aromatic N) is 2. The van der Waals surface area contributed by atoms with Crippen LogP contribution in [0.2, 0.25) is 0 Å². The Labute approximate surface area is 116 Å². The molecule has 0 amide bonds. The minimum Gasteiger partial charge on any atom is -0.494 e. The van der Waals surface area contributed by atoms with Crippen LogP contribution >= 0.6 is 12.2 Å². The van der Waals surface area contributed by atoms with Crippen LogP contribution < -0.4 is 15.8 Å². The van der Waals surface area contributed by atoms with Gasteiger partial charge in [-0.15, -0.1) is 5.10 Å². The zero-order valence-corrected chi connectivity index (χ0v) is 11.3. The molecule has 0 atom stereocenters. The standard InChI is InChI=1S/C13H14N4OS/c1-2-18-10-5-3-4-9(8-10)16-13-11(12(14)19)6-7-15-17-13/h3-8H,2H2,1H3,(H2,14,19)(H,16,17). The maximum atomic E-state index is 5.64. The number of nitrogens with one attached hydrogen (secondary N) is 1. The van der Waals surface area contributed by atoms with Crippen molar-refractivity contribution in [3.63, 3.8) is 0 Å². The second-order valence-electron chi connectivity index (χ2n) is 3.74. The van der Waals surface area contributed by atoms with Crippen LogP contribution in [0.1, 0.15) is 12.5 Å². The first kappa shape index (κ1) is 13.2. The number of hydrogen-bond donors (Lipinski definition) is 2. The lowest BCUT2D eigenvalue weighted by Crippen LogP contribution is -2.13. The summed E-state index contributed by atoms with van der Waals surface area (Å²) in [5, 5.41) is 11.0. The summed E-state index contributed by atoms with van der Waals surface area (Å²) in [7, 11) is 0. The minimum absolute atomic E-state index is 0.276. The highest BCUT2D eigenvalue weighted by atomic mass is 32.1. The van der Waals surface area contributed by atoms with E-state index in [9.17, 15) is 0 Å². The molecule has 0 aliphatic rings. The average molecular weight is 274 g/mol. The molecular weight excluding hydrogens is 260 g/mol. The third-order valence-corrected chi connectivity index (χ3v) is 2.61. The number of hydrogen-bond acceptors (Lipinski definition) is 5. The summed E-state index contributed by atoms with van der Waals surface area (Å²) in [6.45, 7) is 2.56. The van der Waals surface area contributed by atoms with Gasteiger partial charge in [-0.25, -0.2) is 0 Å². The first-order chi connectivity index (χ1) is 9.20. The first-order valence-corrected chi connectivity index (χ1v) is 6.23. The average Bonchev–Trinajstić information content (AvgIpc) is 2.40. The molecule has 2 rings (SSSR count). The van der Waals surface area contributed by atoms with E-state index in [1.54, 1.807) is 12.3 Å². The summed E-state index contributed by atoms with van der Waals surface area (Å²) in [6, 6.07) is 9.29. The summed E-state index contributed by atoms with van der Waals surface area (Å²) in [6.07, 6.45) is 1.55. The molecular formula is C13H14N4OS. The van der Waals surface area contributed by atoms with Gasteiger partial charge in [0.25, 0.3) is 0 Å². The molecule has 0 radical (unpaired) electrons. The van der Waals surface area contributed by atoms with Crippen LogP contribution in [0.5, 0.6) is 5.75 Å². The molecule has 1 heterocycles. The number of ether oxygens (including phenoxy) is 1. The van der Waals surface area contributed by atoms with E-state index >= 15 is 0 Å². The van der Waals surface area contributed by atoms with Gasteiger partial charge >= 0.3 is 0 Å². The number of rotatable bonds is 5. The fourth-order valence-corrected chi connectivity index (χ4v) is 1.75. The van der Waals surface area contributed by atoms with E-state index < -0.39 is 0 Å². The lowest BCUT2D eigenvalue weighted by molar-refractivity contribution is 0.340. The zero-order chi connectivity index (χ0) is 13.7. The lowest BCUT2D eigenvalue weighted by Gasteiger charge is -2.10. The SMILES string of the molecule is CCOc1cccc(Nc2nnccc2C(N)=S)c1. The largest absolute Gasteiger partial charge is 0.494 e. The van der Waals surface area contributed by atoms with E-state index in [4.69, 9.17) is 22.7 Å². The molecule has 3 N–H and O–H groups in total. The van der Waals surface area contributed by atoms with Gasteiger partial charge < -0.3 is 15.8 Å². The zero-order valence-electron chi connectivity index (χ0n) is 10.5. The molecule has 0 spiro atoms. The number of benzene rings is 1. The van der Waals surface area contributed by atoms with Crippen LogP contribution in [0.3, 0.4) is 0 Å². The van der Waals surface area contributed by atoms with Gasteiger partial charge in [-0.05, 0) is 25.1 Å². The van der Waals surface area contributed by atoms with Crippen LogP contribution in [0.15, 0.2) is 36.5 Å². The van der Waals surface area contributed by atoms with Crippen molar-refractivity contribution in [3.8, 4) is 5.75 Å². The summed E-state index contributed by atoms with van der Waals surface area (Å²) < 4.78 is 5.44. The molecule has 19 heavy (non-hydrogen) atoms. The predicted octanol–water partition coefficient (Wildman–Crippen LogP) is 2.25. The number of thiocarbonyl (C=S) groups is 1. The molecule has 0 aliphatic heterocycles. The van der Waals surface area contributed by atoms with Crippen molar-refractivity contribution in [1.82, 2.24) is 10.2 Å². The van der Waals surface area contributed by atoms with Crippen molar-refractivity contribution in [2.45, 2.75) is 6.92 Å². The Morgan fingerprint density at radius 2 is 2.26 bits per heavy atom. The molecule has 5 nitrogen and oxygen atoms in total. The van der Waals surface area contributed by atoms with Crippen molar-refractivity contribution in [1.29, 1.82) is 0 Å². The van der Waals surface area contributed by atoms with Crippen molar-refractivity contribution in [2.75, 3.05) is 11.9 Å². The van der Waals surface area contributed by atoms with Gasteiger partial charge in [0.2, 0.25) is 0 Å². The van der Waals surface area contributed by atoms with Gasteiger partial charge in [-0.3, -0.25) is 0 Å². The van der Waals surface area contributed by atoms with Gasteiger partial charge in [0, 0.05) is 11.8 Å². The van der Waals surface area contributed by atoms with Crippen LogP contribution in [-0.2, 0) is 0 Å². The number of anilines is 2. The highest BCUT2D eigenvalue weighted by molar-refractivity contribution is 7.80. The van der Waals surface area contributed by atoms with Gasteiger partial charge in [0.05, 0.1) is 18.4 Å². The summed E-state index contributed by atoms with van der Waals surface area (Å²) in [5.74, 6) is 1.32. The maximum absolute atomic E-state index is 5.64. The smallest absolute Gasteiger partial charge is 0.163 e. The lowest BCUT2D eigenvalue weighted by atomic mass is 10.2. The summed E-state index contributed by atoms with van der Waals surface area (Å²) >= 11 is 4.98. The van der Waals surface area contributed by atoms with Crippen molar-refractivity contribution < 1.29 is 4.74 Å². The first-order valence-electron chi connectivity index (χ1n) is 5.82. The fourth-order valence-electron chi connectivity index (χ4n) is 1.59. The summed E-state index contributed by atoms with van der Waals surface area (Å²) in [5.41, 5.74) is 7.14. The van der Waals surface area contributed by atoms with E-state index in [1.165, 1.54) is 0 Å². The normalized spacial score (nSPS) is 9.95. The van der Waals surface area contributed by atoms with Crippen LogP contribution in [0.4, 0.5) is 11.5 Å². The predicted molar refractivity (Wildman–Crippen MR) is 78.8 cm³/mol. The Hall–Kier alpha value is -2.21. The van der Waals surface area contributed by atoms with E-state index in [0.29, 0.717) is 18.0 Å². The monoisotopic (exact) mass is 274 g/mol. The van der Waals surface area contributed by atoms with Gasteiger partial charge in [-0.1, -0.05) is 18.3 Å². The maximum Gasteiger partial charge on any atom is 0.163 e. The topological polar surface area (TPSA) is 73.1 Å². The molecule has 6 heteroatoms. The van der Waals surface area contributed by atoms with Gasteiger partial charge in [0.15, 0.2) is 5.82 Å². The molecule has 1 aromatic heterocycles. The van der Waals surface area contributed by atoms with E-state index in [2.05, 4.69) is 15.5 Å².